The fraction of sp³-hybridized carbons (Fsp3) is 0.176. The van der Waals surface area contributed by atoms with Gasteiger partial charge in [-0.05, 0) is 36.4 Å². The average molecular weight is 377 g/mol. The van der Waals surface area contributed by atoms with Crippen LogP contribution in [-0.2, 0) is 9.59 Å². The molecule has 0 saturated carbocycles. The summed E-state index contributed by atoms with van der Waals surface area (Å²) < 4.78 is 14.0. The number of carbonyl (C=O) groups excluding carboxylic acids is 2. The van der Waals surface area contributed by atoms with Crippen molar-refractivity contribution in [1.29, 1.82) is 0 Å². The van der Waals surface area contributed by atoms with E-state index in [1.165, 1.54) is 18.2 Å². The Bertz CT molecular complexity index is 766. The van der Waals surface area contributed by atoms with Crippen LogP contribution in [0.15, 0.2) is 53.0 Å². The monoisotopic (exact) mass is 376 g/mol. The van der Waals surface area contributed by atoms with Gasteiger partial charge in [-0.2, -0.15) is 0 Å². The van der Waals surface area contributed by atoms with Crippen molar-refractivity contribution < 1.29 is 14.0 Å². The van der Waals surface area contributed by atoms with Gasteiger partial charge in [-0.3, -0.25) is 9.59 Å². The first-order valence-electron chi connectivity index (χ1n) is 7.15. The molecule has 1 saturated heterocycles. The summed E-state index contributed by atoms with van der Waals surface area (Å²) in [6, 6.07) is 13.1. The Morgan fingerprint density at radius 2 is 2.00 bits per heavy atom. The predicted molar refractivity (Wildman–Crippen MR) is 89.6 cm³/mol. The molecule has 0 aromatic heterocycles. The minimum Gasteiger partial charge on any atom is -0.326 e. The lowest BCUT2D eigenvalue weighted by Gasteiger charge is -2.17. The van der Waals surface area contributed by atoms with E-state index in [9.17, 15) is 14.0 Å². The number of amides is 2. The molecule has 0 radical (unpaired) electrons. The third-order valence-corrected chi connectivity index (χ3v) is 4.20. The third-order valence-electron chi connectivity index (χ3n) is 3.71. The van der Waals surface area contributed by atoms with Crippen molar-refractivity contribution in [3.8, 4) is 0 Å². The van der Waals surface area contributed by atoms with Gasteiger partial charge in [0.05, 0.1) is 5.92 Å². The van der Waals surface area contributed by atoms with E-state index in [-0.39, 0.29) is 18.2 Å². The molecule has 1 aliphatic rings. The third kappa shape index (κ3) is 3.59. The van der Waals surface area contributed by atoms with Crippen molar-refractivity contribution in [3.05, 3.63) is 58.8 Å². The van der Waals surface area contributed by atoms with Crippen LogP contribution in [0.5, 0.6) is 0 Å². The molecule has 6 heteroatoms. The number of hydrogen-bond acceptors (Lipinski definition) is 2. The van der Waals surface area contributed by atoms with Gasteiger partial charge in [-0.15, -0.1) is 0 Å². The molecule has 3 rings (SSSR count). The second-order valence-corrected chi connectivity index (χ2v) is 6.30. The van der Waals surface area contributed by atoms with Crippen LogP contribution < -0.4 is 10.2 Å². The number of benzene rings is 2. The highest BCUT2D eigenvalue weighted by atomic mass is 79.9. The molecule has 0 aliphatic carbocycles. The van der Waals surface area contributed by atoms with Gasteiger partial charge in [0.1, 0.15) is 5.82 Å². The molecule has 2 amide bonds. The Morgan fingerprint density at radius 1 is 1.22 bits per heavy atom. The summed E-state index contributed by atoms with van der Waals surface area (Å²) in [6.45, 7) is 0.316. The Balaban J connectivity index is 1.70. The number of carbonyl (C=O) groups is 2. The van der Waals surface area contributed by atoms with Gasteiger partial charge in [0.25, 0.3) is 0 Å². The quantitative estimate of drug-likeness (QED) is 0.889. The summed E-state index contributed by atoms with van der Waals surface area (Å²) in [7, 11) is 0. The standard InChI is InChI=1S/C17H14BrFN2O2/c18-12-3-1-6-15(8-12)21-10-11(7-16(21)22)17(23)20-14-5-2-4-13(19)9-14/h1-6,8-9,11H,7,10H2,(H,20,23). The fourth-order valence-corrected chi connectivity index (χ4v) is 2.97. The molecule has 1 N–H and O–H groups in total. The lowest BCUT2D eigenvalue weighted by molar-refractivity contribution is -0.122. The van der Waals surface area contributed by atoms with Gasteiger partial charge < -0.3 is 10.2 Å². The maximum Gasteiger partial charge on any atom is 0.229 e. The number of nitrogens with zero attached hydrogens (tertiary/aromatic N) is 1. The van der Waals surface area contributed by atoms with Crippen LogP contribution in [0.2, 0.25) is 0 Å². The number of hydrogen-bond donors (Lipinski definition) is 1. The first kappa shape index (κ1) is 15.7. The number of anilines is 2. The second kappa shape index (κ2) is 6.50. The molecule has 1 aliphatic heterocycles. The van der Waals surface area contributed by atoms with Crippen LogP contribution in [0.1, 0.15) is 6.42 Å². The summed E-state index contributed by atoms with van der Waals surface area (Å²) in [5.74, 6) is -1.24. The van der Waals surface area contributed by atoms with Crippen molar-refractivity contribution in [2.45, 2.75) is 6.42 Å². The van der Waals surface area contributed by atoms with Crippen LogP contribution in [0.4, 0.5) is 15.8 Å². The Labute approximate surface area is 141 Å². The first-order valence-corrected chi connectivity index (χ1v) is 7.94. The summed E-state index contributed by atoms with van der Waals surface area (Å²) in [4.78, 5) is 26.1. The van der Waals surface area contributed by atoms with Gasteiger partial charge in [0.15, 0.2) is 0 Å². The van der Waals surface area contributed by atoms with Crippen LogP contribution >= 0.6 is 15.9 Å². The highest BCUT2D eigenvalue weighted by molar-refractivity contribution is 9.10. The minimum absolute atomic E-state index is 0.0949. The zero-order chi connectivity index (χ0) is 16.4. The van der Waals surface area contributed by atoms with Crippen LogP contribution in [0, 0.1) is 11.7 Å². The molecular formula is C17H14BrFN2O2. The van der Waals surface area contributed by atoms with E-state index in [0.29, 0.717) is 12.2 Å². The fourth-order valence-electron chi connectivity index (χ4n) is 2.59. The maximum atomic E-state index is 13.2. The maximum absolute atomic E-state index is 13.2. The molecule has 0 spiro atoms. The molecule has 23 heavy (non-hydrogen) atoms. The van der Waals surface area contributed by atoms with Crippen molar-refractivity contribution in [2.75, 3.05) is 16.8 Å². The van der Waals surface area contributed by atoms with Gasteiger partial charge in [0, 0.05) is 28.8 Å². The molecule has 2 aromatic rings. The number of halogens is 2. The Hall–Kier alpha value is -2.21. The van der Waals surface area contributed by atoms with Gasteiger partial charge in [0.2, 0.25) is 11.8 Å². The van der Waals surface area contributed by atoms with E-state index < -0.39 is 11.7 Å². The van der Waals surface area contributed by atoms with Crippen LogP contribution in [0.25, 0.3) is 0 Å². The summed E-state index contributed by atoms with van der Waals surface area (Å²) in [5.41, 5.74) is 1.15. The molecule has 2 aromatic carbocycles. The molecule has 0 bridgehead atoms. The van der Waals surface area contributed by atoms with E-state index in [4.69, 9.17) is 0 Å². The van der Waals surface area contributed by atoms with E-state index >= 15 is 0 Å². The van der Waals surface area contributed by atoms with Crippen molar-refractivity contribution >= 4 is 39.1 Å². The van der Waals surface area contributed by atoms with E-state index in [2.05, 4.69) is 21.2 Å². The number of nitrogens with one attached hydrogen (secondary N) is 1. The topological polar surface area (TPSA) is 49.4 Å². The average Bonchev–Trinajstić information content (AvgIpc) is 2.89. The highest BCUT2D eigenvalue weighted by Gasteiger charge is 2.35. The minimum atomic E-state index is -0.454. The first-order chi connectivity index (χ1) is 11.0. The SMILES string of the molecule is O=C(Nc1cccc(F)c1)C1CC(=O)N(c2cccc(Br)c2)C1. The number of rotatable bonds is 3. The van der Waals surface area contributed by atoms with E-state index in [0.717, 1.165) is 10.2 Å². The van der Waals surface area contributed by atoms with Gasteiger partial charge in [-0.1, -0.05) is 28.1 Å². The van der Waals surface area contributed by atoms with Crippen LogP contribution in [0.3, 0.4) is 0 Å². The Kier molecular flexibility index (Phi) is 4.43. The molecule has 1 heterocycles. The van der Waals surface area contributed by atoms with Gasteiger partial charge >= 0.3 is 0 Å². The predicted octanol–water partition coefficient (Wildman–Crippen LogP) is 3.58. The molecular weight excluding hydrogens is 363 g/mol. The molecule has 1 unspecified atom stereocenters. The highest BCUT2D eigenvalue weighted by Crippen LogP contribution is 2.28. The van der Waals surface area contributed by atoms with Gasteiger partial charge in [-0.25, -0.2) is 4.39 Å². The normalized spacial score (nSPS) is 17.4. The summed E-state index contributed by atoms with van der Waals surface area (Å²) in [5, 5.41) is 2.66. The molecule has 1 fully saturated rings. The molecule has 118 valence electrons. The lowest BCUT2D eigenvalue weighted by atomic mass is 10.1. The molecule has 1 atom stereocenters. The van der Waals surface area contributed by atoms with E-state index in [1.54, 1.807) is 11.0 Å². The summed E-state index contributed by atoms with van der Waals surface area (Å²) in [6.07, 6.45) is 0.146. The van der Waals surface area contributed by atoms with Crippen molar-refractivity contribution in [1.82, 2.24) is 0 Å². The van der Waals surface area contributed by atoms with Crippen LogP contribution in [-0.4, -0.2) is 18.4 Å². The zero-order valence-corrected chi connectivity index (χ0v) is 13.7. The Morgan fingerprint density at radius 3 is 2.74 bits per heavy atom. The zero-order valence-electron chi connectivity index (χ0n) is 12.1. The second-order valence-electron chi connectivity index (χ2n) is 5.38. The molecule has 4 nitrogen and oxygen atoms in total. The van der Waals surface area contributed by atoms with Crippen molar-refractivity contribution in [2.24, 2.45) is 5.92 Å². The van der Waals surface area contributed by atoms with Crippen molar-refractivity contribution in [3.63, 3.8) is 0 Å². The summed E-state index contributed by atoms with van der Waals surface area (Å²) >= 11 is 3.37. The lowest BCUT2D eigenvalue weighted by Crippen LogP contribution is -2.28. The van der Waals surface area contributed by atoms with E-state index in [1.807, 2.05) is 24.3 Å². The smallest absolute Gasteiger partial charge is 0.229 e. The largest absolute Gasteiger partial charge is 0.326 e.